The Morgan fingerprint density at radius 1 is 0.919 bits per heavy atom. The number of aryl methyl sites for hydroxylation is 1. The summed E-state index contributed by atoms with van der Waals surface area (Å²) < 4.78 is 1.85. The lowest BCUT2D eigenvalue weighted by molar-refractivity contribution is -0.132. The van der Waals surface area contributed by atoms with Crippen LogP contribution in [0, 0.1) is 13.8 Å². The maximum atomic E-state index is 13.6. The second-order valence-electron chi connectivity index (χ2n) is 11.3. The van der Waals surface area contributed by atoms with E-state index < -0.39 is 0 Å². The van der Waals surface area contributed by atoms with E-state index in [1.54, 1.807) is 0 Å². The highest BCUT2D eigenvalue weighted by atomic mass is 16.2. The fourth-order valence-corrected chi connectivity index (χ4v) is 6.81. The highest BCUT2D eigenvalue weighted by Crippen LogP contribution is 2.29. The van der Waals surface area contributed by atoms with Gasteiger partial charge in [-0.1, -0.05) is 18.6 Å². The molecule has 8 heteroatoms. The van der Waals surface area contributed by atoms with Gasteiger partial charge in [-0.3, -0.25) is 19.2 Å². The molecule has 0 unspecified atom stereocenters. The van der Waals surface area contributed by atoms with Crippen LogP contribution in [0.15, 0.2) is 18.2 Å². The number of amides is 2. The summed E-state index contributed by atoms with van der Waals surface area (Å²) in [6, 6.07) is 6.93. The van der Waals surface area contributed by atoms with E-state index in [1.807, 2.05) is 14.5 Å². The Morgan fingerprint density at radius 3 is 2.57 bits per heavy atom. The minimum absolute atomic E-state index is 0.0664. The van der Waals surface area contributed by atoms with Crippen LogP contribution in [0.1, 0.15) is 58.6 Å². The lowest BCUT2D eigenvalue weighted by atomic mass is 9.99. The molecular weight excluding hydrogens is 464 g/mol. The van der Waals surface area contributed by atoms with E-state index in [0.717, 1.165) is 69.8 Å². The van der Waals surface area contributed by atoms with Crippen molar-refractivity contribution in [3.63, 3.8) is 0 Å². The number of piperidine rings is 1. The number of aromatic nitrogens is 2. The normalized spacial score (nSPS) is 22.2. The molecule has 0 spiro atoms. The fraction of sp³-hybridized carbons (Fsp3) is 0.621. The monoisotopic (exact) mass is 504 g/mol. The summed E-state index contributed by atoms with van der Waals surface area (Å²) >= 11 is 0. The van der Waals surface area contributed by atoms with Crippen LogP contribution in [0.25, 0.3) is 0 Å². The first-order valence-electron chi connectivity index (χ1n) is 14.2. The number of carbonyl (C=O) groups is 2. The Balaban J connectivity index is 1.11. The Kier molecular flexibility index (Phi) is 6.69. The van der Waals surface area contributed by atoms with E-state index in [9.17, 15) is 9.59 Å². The maximum absolute atomic E-state index is 13.6. The second kappa shape index (κ2) is 10.1. The van der Waals surface area contributed by atoms with E-state index in [4.69, 9.17) is 5.10 Å². The molecule has 4 heterocycles. The maximum Gasteiger partial charge on any atom is 0.274 e. The fourth-order valence-electron chi connectivity index (χ4n) is 6.81. The number of piperazine rings is 2. The van der Waals surface area contributed by atoms with Crippen molar-refractivity contribution < 1.29 is 9.59 Å². The summed E-state index contributed by atoms with van der Waals surface area (Å²) in [4.78, 5) is 35.8. The van der Waals surface area contributed by atoms with Crippen molar-refractivity contribution in [1.29, 1.82) is 0 Å². The van der Waals surface area contributed by atoms with Gasteiger partial charge in [0.05, 0.1) is 0 Å². The number of fused-ring (bicyclic) bond motifs is 2. The largest absolute Gasteiger partial charge is 0.368 e. The van der Waals surface area contributed by atoms with Crippen molar-refractivity contribution in [2.45, 2.75) is 65.0 Å². The standard InChI is InChI=1S/C29H40N6O2/c1-21-7-5-10-25(22(21)2)32-14-16-33(17-15-32)27(36)20-35-26-11-6-9-24(26)28(30-35)29(37)34-18-13-31-12-4-3-8-23(31)19-34/h5,7,10,23H,3-4,6,8-9,11-20H2,1-2H3/t23-/m0/s1. The molecule has 0 radical (unpaired) electrons. The van der Waals surface area contributed by atoms with Gasteiger partial charge < -0.3 is 14.7 Å². The van der Waals surface area contributed by atoms with Crippen LogP contribution in [-0.4, -0.2) is 94.7 Å². The topological polar surface area (TPSA) is 64.9 Å². The molecular formula is C29H40N6O2. The summed E-state index contributed by atoms with van der Waals surface area (Å²) in [5, 5.41) is 4.78. The number of nitrogens with zero attached hydrogens (tertiary/aromatic N) is 6. The molecule has 1 aromatic heterocycles. The molecule has 1 atom stereocenters. The molecule has 0 N–H and O–H groups in total. The quantitative estimate of drug-likeness (QED) is 0.641. The molecule has 0 bridgehead atoms. The Labute approximate surface area is 220 Å². The van der Waals surface area contributed by atoms with Gasteiger partial charge in [-0.05, 0) is 69.7 Å². The van der Waals surface area contributed by atoms with Crippen LogP contribution in [0.3, 0.4) is 0 Å². The first-order chi connectivity index (χ1) is 18.0. The predicted octanol–water partition coefficient (Wildman–Crippen LogP) is 2.65. The number of carbonyl (C=O) groups excluding carboxylic acids is 2. The van der Waals surface area contributed by atoms with Crippen molar-refractivity contribution >= 4 is 17.5 Å². The van der Waals surface area contributed by atoms with Gasteiger partial charge >= 0.3 is 0 Å². The van der Waals surface area contributed by atoms with Crippen molar-refractivity contribution in [2.24, 2.45) is 0 Å². The first-order valence-corrected chi connectivity index (χ1v) is 14.2. The van der Waals surface area contributed by atoms with Gasteiger partial charge in [0.25, 0.3) is 5.91 Å². The zero-order chi connectivity index (χ0) is 25.5. The van der Waals surface area contributed by atoms with E-state index in [-0.39, 0.29) is 18.4 Å². The third-order valence-corrected chi connectivity index (χ3v) is 9.17. The SMILES string of the molecule is Cc1cccc(N2CCN(C(=O)Cn3nc(C(=O)N4CCN5CCCC[C@H]5C4)c4c3CCC4)CC2)c1C. The zero-order valence-electron chi connectivity index (χ0n) is 22.4. The van der Waals surface area contributed by atoms with Gasteiger partial charge in [0.2, 0.25) is 5.91 Å². The average molecular weight is 505 g/mol. The van der Waals surface area contributed by atoms with Crippen LogP contribution in [0.4, 0.5) is 5.69 Å². The molecule has 3 saturated heterocycles. The summed E-state index contributed by atoms with van der Waals surface area (Å²) in [6.45, 7) is 11.4. The Bertz CT molecular complexity index is 1180. The molecule has 1 aliphatic carbocycles. The Morgan fingerprint density at radius 2 is 1.73 bits per heavy atom. The lowest BCUT2D eigenvalue weighted by Gasteiger charge is -2.43. The summed E-state index contributed by atoms with van der Waals surface area (Å²) in [5.41, 5.74) is 6.68. The molecule has 4 aliphatic rings. The molecule has 6 rings (SSSR count). The van der Waals surface area contributed by atoms with E-state index >= 15 is 0 Å². The van der Waals surface area contributed by atoms with E-state index in [2.05, 4.69) is 41.8 Å². The molecule has 1 aromatic carbocycles. The number of rotatable bonds is 4. The van der Waals surface area contributed by atoms with Gasteiger partial charge in [-0.2, -0.15) is 5.10 Å². The van der Waals surface area contributed by atoms with Gasteiger partial charge in [-0.15, -0.1) is 0 Å². The summed E-state index contributed by atoms with van der Waals surface area (Å²) in [5.74, 6) is 0.171. The predicted molar refractivity (Wildman–Crippen MR) is 144 cm³/mol. The smallest absolute Gasteiger partial charge is 0.274 e. The van der Waals surface area contributed by atoms with Gasteiger partial charge in [0.15, 0.2) is 5.69 Å². The van der Waals surface area contributed by atoms with E-state index in [1.165, 1.54) is 36.1 Å². The highest BCUT2D eigenvalue weighted by molar-refractivity contribution is 5.94. The molecule has 3 fully saturated rings. The average Bonchev–Trinajstić information content (AvgIpc) is 3.54. The van der Waals surface area contributed by atoms with Crippen molar-refractivity contribution in [3.05, 3.63) is 46.3 Å². The molecule has 2 amide bonds. The van der Waals surface area contributed by atoms with Crippen molar-refractivity contribution in [3.8, 4) is 0 Å². The minimum Gasteiger partial charge on any atom is -0.368 e. The minimum atomic E-state index is 0.0664. The highest BCUT2D eigenvalue weighted by Gasteiger charge is 2.35. The third kappa shape index (κ3) is 4.65. The van der Waals surface area contributed by atoms with Gasteiger partial charge in [0.1, 0.15) is 6.54 Å². The molecule has 2 aromatic rings. The van der Waals surface area contributed by atoms with Crippen LogP contribution in [-0.2, 0) is 24.2 Å². The van der Waals surface area contributed by atoms with Crippen LogP contribution < -0.4 is 4.90 Å². The molecule has 37 heavy (non-hydrogen) atoms. The molecule has 0 saturated carbocycles. The van der Waals surface area contributed by atoms with Gasteiger partial charge in [-0.25, -0.2) is 0 Å². The summed E-state index contributed by atoms with van der Waals surface area (Å²) in [6.07, 6.45) is 6.54. The molecule has 198 valence electrons. The van der Waals surface area contributed by atoms with E-state index in [0.29, 0.717) is 24.8 Å². The summed E-state index contributed by atoms with van der Waals surface area (Å²) in [7, 11) is 0. The molecule has 8 nitrogen and oxygen atoms in total. The van der Waals surface area contributed by atoms with Crippen molar-refractivity contribution in [2.75, 3.05) is 57.3 Å². The third-order valence-electron chi connectivity index (χ3n) is 9.17. The zero-order valence-corrected chi connectivity index (χ0v) is 22.4. The van der Waals surface area contributed by atoms with Gasteiger partial charge in [0, 0.05) is 68.8 Å². The number of anilines is 1. The number of hydrogen-bond acceptors (Lipinski definition) is 5. The first kappa shape index (κ1) is 24.5. The number of hydrogen-bond donors (Lipinski definition) is 0. The second-order valence-corrected chi connectivity index (χ2v) is 11.3. The van der Waals surface area contributed by atoms with Crippen LogP contribution in [0.2, 0.25) is 0 Å². The Hall–Kier alpha value is -2.87. The lowest BCUT2D eigenvalue weighted by Crippen LogP contribution is -2.56. The van der Waals surface area contributed by atoms with Crippen molar-refractivity contribution in [1.82, 2.24) is 24.5 Å². The van der Waals surface area contributed by atoms with Crippen LogP contribution in [0.5, 0.6) is 0 Å². The molecule has 3 aliphatic heterocycles. The number of benzene rings is 1. The van der Waals surface area contributed by atoms with Crippen LogP contribution >= 0.6 is 0 Å².